The Kier molecular flexibility index (Phi) is 4.56. The fraction of sp³-hybridized carbons (Fsp3) is 0.118. The van der Waals surface area contributed by atoms with E-state index in [0.29, 0.717) is 10.9 Å². The van der Waals surface area contributed by atoms with Gasteiger partial charge < -0.3 is 9.15 Å². The molecular weight excluding hydrogens is 349 g/mol. The standard InChI is InChI=1S/C17H14FNO5S/c1-23-10-11-7-17(20)24-16-9-13(5-6-15(11)16)19-25(21,22)14-4-2-3-12(18)8-14/h2-9,19H,10H2,1H3. The molecule has 6 nitrogen and oxygen atoms in total. The van der Waals surface area contributed by atoms with Crippen molar-refractivity contribution in [1.82, 2.24) is 0 Å². The fourth-order valence-electron chi connectivity index (χ4n) is 2.42. The Hall–Kier alpha value is -2.71. The van der Waals surface area contributed by atoms with Crippen LogP contribution in [0.4, 0.5) is 10.1 Å². The molecule has 0 saturated carbocycles. The maximum absolute atomic E-state index is 13.3. The Morgan fingerprint density at radius 1 is 1.16 bits per heavy atom. The molecule has 0 aliphatic rings. The molecule has 1 N–H and O–H groups in total. The first-order chi connectivity index (χ1) is 11.9. The van der Waals surface area contributed by atoms with E-state index in [2.05, 4.69) is 4.72 Å². The largest absolute Gasteiger partial charge is 0.423 e. The number of rotatable bonds is 5. The minimum Gasteiger partial charge on any atom is -0.423 e. The quantitative estimate of drug-likeness (QED) is 0.705. The van der Waals surface area contributed by atoms with Crippen molar-refractivity contribution in [3.63, 3.8) is 0 Å². The van der Waals surface area contributed by atoms with Gasteiger partial charge in [0.2, 0.25) is 0 Å². The number of anilines is 1. The Labute approximate surface area is 142 Å². The van der Waals surface area contributed by atoms with Gasteiger partial charge in [-0.3, -0.25) is 4.72 Å². The van der Waals surface area contributed by atoms with Gasteiger partial charge >= 0.3 is 5.63 Å². The number of hydrogen-bond acceptors (Lipinski definition) is 5. The van der Waals surface area contributed by atoms with Crippen molar-refractivity contribution in [2.45, 2.75) is 11.5 Å². The number of halogens is 1. The summed E-state index contributed by atoms with van der Waals surface area (Å²) in [6.07, 6.45) is 0. The maximum atomic E-state index is 13.3. The van der Waals surface area contributed by atoms with Crippen LogP contribution in [-0.2, 0) is 21.4 Å². The third-order valence-electron chi connectivity index (χ3n) is 3.49. The van der Waals surface area contributed by atoms with E-state index in [4.69, 9.17) is 9.15 Å². The summed E-state index contributed by atoms with van der Waals surface area (Å²) in [6.45, 7) is 0.219. The molecular formula is C17H14FNO5S. The molecule has 1 heterocycles. The van der Waals surface area contributed by atoms with E-state index < -0.39 is 21.5 Å². The van der Waals surface area contributed by atoms with E-state index in [1.807, 2.05) is 0 Å². The van der Waals surface area contributed by atoms with Gasteiger partial charge in [0.05, 0.1) is 17.2 Å². The lowest BCUT2D eigenvalue weighted by Gasteiger charge is -2.10. The van der Waals surface area contributed by atoms with Crippen LogP contribution < -0.4 is 10.3 Å². The summed E-state index contributed by atoms with van der Waals surface area (Å²) in [5, 5.41) is 0.634. The highest BCUT2D eigenvalue weighted by Crippen LogP contribution is 2.24. The van der Waals surface area contributed by atoms with E-state index >= 15 is 0 Å². The van der Waals surface area contributed by atoms with Crippen LogP contribution in [0.1, 0.15) is 5.56 Å². The van der Waals surface area contributed by atoms with Crippen molar-refractivity contribution in [1.29, 1.82) is 0 Å². The summed E-state index contributed by atoms with van der Waals surface area (Å²) in [6, 6.07) is 10.5. The van der Waals surface area contributed by atoms with E-state index in [1.165, 1.54) is 37.4 Å². The molecule has 8 heteroatoms. The molecule has 0 spiro atoms. The summed E-state index contributed by atoms with van der Waals surface area (Å²) in [5.74, 6) is -0.656. The zero-order valence-corrected chi connectivity index (χ0v) is 14.0. The van der Waals surface area contributed by atoms with Crippen LogP contribution in [0.3, 0.4) is 0 Å². The molecule has 0 bridgehead atoms. The SMILES string of the molecule is COCc1cc(=O)oc2cc(NS(=O)(=O)c3cccc(F)c3)ccc12. The monoisotopic (exact) mass is 363 g/mol. The van der Waals surface area contributed by atoms with Crippen molar-refractivity contribution in [3.8, 4) is 0 Å². The fourth-order valence-corrected chi connectivity index (χ4v) is 3.50. The summed E-state index contributed by atoms with van der Waals surface area (Å²) >= 11 is 0. The van der Waals surface area contributed by atoms with Crippen LogP contribution in [-0.4, -0.2) is 15.5 Å². The van der Waals surface area contributed by atoms with Gasteiger partial charge in [-0.2, -0.15) is 0 Å². The second-order valence-corrected chi connectivity index (χ2v) is 6.98. The molecule has 2 aromatic carbocycles. The van der Waals surface area contributed by atoms with Gasteiger partial charge in [-0.05, 0) is 35.9 Å². The van der Waals surface area contributed by atoms with Crippen LogP contribution in [0, 0.1) is 5.82 Å². The van der Waals surface area contributed by atoms with Crippen LogP contribution in [0.25, 0.3) is 11.0 Å². The van der Waals surface area contributed by atoms with Crippen LogP contribution in [0.15, 0.2) is 62.6 Å². The molecule has 0 aliphatic heterocycles. The highest BCUT2D eigenvalue weighted by Gasteiger charge is 2.16. The molecule has 0 atom stereocenters. The predicted octanol–water partition coefficient (Wildman–Crippen LogP) is 2.88. The molecule has 25 heavy (non-hydrogen) atoms. The third-order valence-corrected chi connectivity index (χ3v) is 4.87. The van der Waals surface area contributed by atoms with Crippen molar-refractivity contribution in [3.05, 3.63) is 70.3 Å². The lowest BCUT2D eigenvalue weighted by atomic mass is 10.1. The summed E-state index contributed by atoms with van der Waals surface area (Å²) in [5.41, 5.74) is 0.478. The number of hydrogen-bond donors (Lipinski definition) is 1. The molecule has 1 aromatic heterocycles. The Bertz CT molecular complexity index is 1090. The number of nitrogens with one attached hydrogen (secondary N) is 1. The first-order valence-corrected chi connectivity index (χ1v) is 8.71. The second-order valence-electron chi connectivity index (χ2n) is 5.30. The molecule has 0 fully saturated rings. The molecule has 0 unspecified atom stereocenters. The number of fused-ring (bicyclic) bond motifs is 1. The Morgan fingerprint density at radius 2 is 1.96 bits per heavy atom. The van der Waals surface area contributed by atoms with Gasteiger partial charge in [-0.1, -0.05) is 6.07 Å². The highest BCUT2D eigenvalue weighted by molar-refractivity contribution is 7.92. The maximum Gasteiger partial charge on any atom is 0.336 e. The first-order valence-electron chi connectivity index (χ1n) is 7.23. The number of methoxy groups -OCH3 is 1. The van der Waals surface area contributed by atoms with Gasteiger partial charge in [-0.15, -0.1) is 0 Å². The minimum absolute atomic E-state index is 0.189. The number of ether oxygens (including phenoxy) is 1. The van der Waals surface area contributed by atoms with E-state index in [0.717, 1.165) is 12.1 Å². The summed E-state index contributed by atoms with van der Waals surface area (Å²) < 4.78 is 50.4. The predicted molar refractivity (Wildman–Crippen MR) is 90.4 cm³/mol. The smallest absolute Gasteiger partial charge is 0.336 e. The topological polar surface area (TPSA) is 85.6 Å². The number of sulfonamides is 1. The molecule has 130 valence electrons. The second kappa shape index (κ2) is 6.66. The Morgan fingerprint density at radius 3 is 2.68 bits per heavy atom. The average Bonchev–Trinajstić information content (AvgIpc) is 2.54. The molecule has 0 saturated heterocycles. The summed E-state index contributed by atoms with van der Waals surface area (Å²) in [4.78, 5) is 11.4. The molecule has 0 radical (unpaired) electrons. The Balaban J connectivity index is 2.01. The lowest BCUT2D eigenvalue weighted by molar-refractivity contribution is 0.185. The van der Waals surface area contributed by atoms with Crippen molar-refractivity contribution >= 4 is 26.7 Å². The van der Waals surface area contributed by atoms with Gasteiger partial charge in [0, 0.05) is 24.6 Å². The van der Waals surface area contributed by atoms with E-state index in [-0.39, 0.29) is 22.8 Å². The van der Waals surface area contributed by atoms with E-state index in [1.54, 1.807) is 6.07 Å². The van der Waals surface area contributed by atoms with Crippen molar-refractivity contribution < 1.29 is 22.0 Å². The molecule has 0 aliphatic carbocycles. The van der Waals surface area contributed by atoms with E-state index in [9.17, 15) is 17.6 Å². The average molecular weight is 363 g/mol. The van der Waals surface area contributed by atoms with Crippen LogP contribution in [0.2, 0.25) is 0 Å². The van der Waals surface area contributed by atoms with Gasteiger partial charge in [0.25, 0.3) is 10.0 Å². The molecule has 3 rings (SSSR count). The normalized spacial score (nSPS) is 11.6. The molecule has 0 amide bonds. The summed E-state index contributed by atoms with van der Waals surface area (Å²) in [7, 11) is -2.47. The zero-order valence-electron chi connectivity index (χ0n) is 13.2. The van der Waals surface area contributed by atoms with Crippen LogP contribution in [0.5, 0.6) is 0 Å². The number of benzene rings is 2. The first kappa shape index (κ1) is 17.1. The lowest BCUT2D eigenvalue weighted by Crippen LogP contribution is -2.13. The van der Waals surface area contributed by atoms with Crippen LogP contribution >= 0.6 is 0 Å². The van der Waals surface area contributed by atoms with Gasteiger partial charge in [0.1, 0.15) is 11.4 Å². The van der Waals surface area contributed by atoms with Crippen molar-refractivity contribution in [2.24, 2.45) is 0 Å². The zero-order chi connectivity index (χ0) is 18.0. The molecule has 3 aromatic rings. The minimum atomic E-state index is -3.97. The van der Waals surface area contributed by atoms with Gasteiger partial charge in [-0.25, -0.2) is 17.6 Å². The van der Waals surface area contributed by atoms with Crippen molar-refractivity contribution in [2.75, 3.05) is 11.8 Å². The van der Waals surface area contributed by atoms with Gasteiger partial charge in [0.15, 0.2) is 0 Å². The highest BCUT2D eigenvalue weighted by atomic mass is 32.2. The third kappa shape index (κ3) is 3.70.